The molecule has 0 radical (unpaired) electrons. The van der Waals surface area contributed by atoms with Crippen molar-refractivity contribution in [2.45, 2.75) is 58.3 Å². The van der Waals surface area contributed by atoms with E-state index in [1.165, 1.54) is 6.07 Å². The SMILES string of the molecule is CCCC(O)CC(=O)CCc1ccc(O)c(OCc2cc3ccc(O)cc3cc2CO)c1. The van der Waals surface area contributed by atoms with Crippen molar-refractivity contribution in [2.75, 3.05) is 0 Å². The van der Waals surface area contributed by atoms with Crippen molar-refractivity contribution in [1.82, 2.24) is 0 Å². The first kappa shape index (κ1) is 23.6. The maximum absolute atomic E-state index is 12.1. The minimum atomic E-state index is -0.585. The number of carbonyl (C=O) groups is 1. The van der Waals surface area contributed by atoms with Gasteiger partial charge in [0.1, 0.15) is 18.1 Å². The van der Waals surface area contributed by atoms with Crippen molar-refractivity contribution in [3.63, 3.8) is 0 Å². The van der Waals surface area contributed by atoms with Gasteiger partial charge in [0.25, 0.3) is 0 Å². The lowest BCUT2D eigenvalue weighted by Crippen LogP contribution is -2.13. The minimum Gasteiger partial charge on any atom is -0.508 e. The fourth-order valence-electron chi connectivity index (χ4n) is 3.73. The molecule has 6 nitrogen and oxygen atoms in total. The monoisotopic (exact) mass is 438 g/mol. The predicted octanol–water partition coefficient (Wildman–Crippen LogP) is 4.38. The molecule has 0 fully saturated rings. The van der Waals surface area contributed by atoms with E-state index in [0.717, 1.165) is 28.3 Å². The Labute approximate surface area is 187 Å². The van der Waals surface area contributed by atoms with E-state index in [9.17, 15) is 25.2 Å². The summed E-state index contributed by atoms with van der Waals surface area (Å²) in [6, 6.07) is 13.7. The minimum absolute atomic E-state index is 0.00490. The molecule has 3 rings (SSSR count). The Morgan fingerprint density at radius 1 is 1.00 bits per heavy atom. The lowest BCUT2D eigenvalue weighted by atomic mass is 10.0. The van der Waals surface area contributed by atoms with Gasteiger partial charge < -0.3 is 25.2 Å². The summed E-state index contributed by atoms with van der Waals surface area (Å²) in [5.74, 6) is 0.465. The zero-order valence-corrected chi connectivity index (χ0v) is 18.3. The molecule has 3 aromatic rings. The van der Waals surface area contributed by atoms with E-state index >= 15 is 0 Å². The van der Waals surface area contributed by atoms with E-state index < -0.39 is 6.10 Å². The highest BCUT2D eigenvalue weighted by molar-refractivity contribution is 5.85. The molecule has 4 N–H and O–H groups in total. The Bertz CT molecular complexity index is 1080. The zero-order valence-electron chi connectivity index (χ0n) is 18.3. The second-order valence-corrected chi connectivity index (χ2v) is 8.09. The molecule has 3 aromatic carbocycles. The summed E-state index contributed by atoms with van der Waals surface area (Å²) in [6.45, 7) is 1.94. The Balaban J connectivity index is 1.67. The fraction of sp³-hybridized carbons (Fsp3) is 0.346. The van der Waals surface area contributed by atoms with Crippen molar-refractivity contribution in [3.05, 3.63) is 65.2 Å². The number of rotatable bonds is 11. The number of ketones is 1. The Morgan fingerprint density at radius 2 is 1.78 bits per heavy atom. The van der Waals surface area contributed by atoms with E-state index in [4.69, 9.17) is 4.74 Å². The third-order valence-electron chi connectivity index (χ3n) is 5.50. The van der Waals surface area contributed by atoms with Gasteiger partial charge in [-0.15, -0.1) is 0 Å². The number of aliphatic hydroxyl groups is 2. The number of fused-ring (bicyclic) bond motifs is 1. The number of carbonyl (C=O) groups excluding carboxylic acids is 1. The molecule has 0 amide bonds. The van der Waals surface area contributed by atoms with Gasteiger partial charge in [-0.3, -0.25) is 4.79 Å². The van der Waals surface area contributed by atoms with Gasteiger partial charge in [0.2, 0.25) is 0 Å². The summed E-state index contributed by atoms with van der Waals surface area (Å²) in [4.78, 5) is 12.1. The standard InChI is InChI=1S/C26H30O6/c1-2-3-22(28)14-24(30)7-4-17-5-9-25(31)26(10-17)32-16-21-11-18-6-8-23(29)13-19(18)12-20(21)15-27/h5-6,8-13,22,27-29,31H,2-4,7,14-16H2,1H3. The van der Waals surface area contributed by atoms with Gasteiger partial charge >= 0.3 is 0 Å². The van der Waals surface area contributed by atoms with Crippen LogP contribution < -0.4 is 4.74 Å². The summed E-state index contributed by atoms with van der Waals surface area (Å²) in [5, 5.41) is 41.1. The van der Waals surface area contributed by atoms with Gasteiger partial charge in [0.15, 0.2) is 11.5 Å². The first-order valence-corrected chi connectivity index (χ1v) is 10.9. The van der Waals surface area contributed by atoms with E-state index in [0.29, 0.717) is 30.6 Å². The second-order valence-electron chi connectivity index (χ2n) is 8.09. The van der Waals surface area contributed by atoms with Crippen molar-refractivity contribution in [2.24, 2.45) is 0 Å². The van der Waals surface area contributed by atoms with E-state index in [2.05, 4.69) is 0 Å². The first-order valence-electron chi connectivity index (χ1n) is 10.9. The number of phenolic OH excluding ortho intramolecular Hbond substituents is 2. The number of phenols is 2. The zero-order chi connectivity index (χ0) is 23.1. The number of hydrogen-bond acceptors (Lipinski definition) is 6. The molecule has 0 aliphatic rings. The molecule has 0 bridgehead atoms. The Hall–Kier alpha value is -3.09. The normalized spacial score (nSPS) is 12.1. The molecule has 0 aliphatic heterocycles. The predicted molar refractivity (Wildman–Crippen MR) is 123 cm³/mol. The van der Waals surface area contributed by atoms with E-state index in [1.54, 1.807) is 30.3 Å². The third kappa shape index (κ3) is 6.22. The van der Waals surface area contributed by atoms with Crippen LogP contribution in [0.2, 0.25) is 0 Å². The van der Waals surface area contributed by atoms with Crippen molar-refractivity contribution in [1.29, 1.82) is 0 Å². The van der Waals surface area contributed by atoms with Crippen LogP contribution >= 0.6 is 0 Å². The number of benzene rings is 3. The van der Waals surface area contributed by atoms with Crippen molar-refractivity contribution in [3.8, 4) is 17.2 Å². The average molecular weight is 439 g/mol. The lowest BCUT2D eigenvalue weighted by molar-refractivity contribution is -0.121. The van der Waals surface area contributed by atoms with Crippen LogP contribution in [0, 0.1) is 0 Å². The van der Waals surface area contributed by atoms with Crippen LogP contribution in [0.25, 0.3) is 10.8 Å². The Morgan fingerprint density at radius 3 is 2.53 bits per heavy atom. The highest BCUT2D eigenvalue weighted by Crippen LogP contribution is 2.30. The van der Waals surface area contributed by atoms with E-state index in [1.807, 2.05) is 19.1 Å². The van der Waals surface area contributed by atoms with Crippen LogP contribution in [0.4, 0.5) is 0 Å². The number of Topliss-reactive ketones (excluding diaryl/α,β-unsaturated/α-hetero) is 1. The van der Waals surface area contributed by atoms with Crippen LogP contribution in [0.1, 0.15) is 49.3 Å². The van der Waals surface area contributed by atoms with Gasteiger partial charge in [-0.1, -0.05) is 25.5 Å². The molecule has 0 aliphatic carbocycles. The summed E-state index contributed by atoms with van der Waals surface area (Å²) >= 11 is 0. The molecule has 0 aromatic heterocycles. The molecule has 0 heterocycles. The third-order valence-corrected chi connectivity index (χ3v) is 5.50. The molecular formula is C26H30O6. The number of ether oxygens (including phenoxy) is 1. The Kier molecular flexibility index (Phi) is 8.09. The van der Waals surface area contributed by atoms with Gasteiger partial charge in [-0.05, 0) is 76.7 Å². The van der Waals surface area contributed by atoms with Gasteiger partial charge in [-0.25, -0.2) is 0 Å². The van der Waals surface area contributed by atoms with Crippen LogP contribution in [0.15, 0.2) is 48.5 Å². The summed E-state index contributed by atoms with van der Waals surface area (Å²) in [5.41, 5.74) is 2.30. The maximum Gasteiger partial charge on any atom is 0.161 e. The maximum atomic E-state index is 12.1. The number of aliphatic hydroxyl groups excluding tert-OH is 2. The quantitative estimate of drug-likeness (QED) is 0.354. The number of hydrogen-bond donors (Lipinski definition) is 4. The largest absolute Gasteiger partial charge is 0.508 e. The van der Waals surface area contributed by atoms with Crippen LogP contribution in [0.3, 0.4) is 0 Å². The summed E-state index contributed by atoms with van der Waals surface area (Å²) < 4.78 is 5.85. The van der Waals surface area contributed by atoms with Gasteiger partial charge in [0.05, 0.1) is 12.7 Å². The lowest BCUT2D eigenvalue weighted by Gasteiger charge is -2.14. The molecule has 1 unspecified atom stereocenters. The van der Waals surface area contributed by atoms with E-state index in [-0.39, 0.29) is 36.9 Å². The average Bonchev–Trinajstić information content (AvgIpc) is 2.77. The molecular weight excluding hydrogens is 408 g/mol. The first-order chi connectivity index (χ1) is 15.4. The molecule has 0 saturated carbocycles. The molecule has 170 valence electrons. The number of aryl methyl sites for hydroxylation is 1. The van der Waals surface area contributed by atoms with Crippen LogP contribution in [-0.2, 0) is 24.4 Å². The molecule has 0 spiro atoms. The van der Waals surface area contributed by atoms with Gasteiger partial charge in [0, 0.05) is 12.8 Å². The smallest absolute Gasteiger partial charge is 0.161 e. The molecule has 32 heavy (non-hydrogen) atoms. The second kappa shape index (κ2) is 11.0. The fourth-order valence-corrected chi connectivity index (χ4v) is 3.73. The van der Waals surface area contributed by atoms with Crippen molar-refractivity contribution >= 4 is 16.6 Å². The highest BCUT2D eigenvalue weighted by atomic mass is 16.5. The summed E-state index contributed by atoms with van der Waals surface area (Å²) in [7, 11) is 0. The number of aromatic hydroxyl groups is 2. The highest BCUT2D eigenvalue weighted by Gasteiger charge is 2.12. The summed E-state index contributed by atoms with van der Waals surface area (Å²) in [6.07, 6.45) is 1.85. The molecule has 0 saturated heterocycles. The topological polar surface area (TPSA) is 107 Å². The molecule has 6 heteroatoms. The van der Waals surface area contributed by atoms with Crippen LogP contribution in [-0.4, -0.2) is 32.3 Å². The molecule has 1 atom stereocenters. The van der Waals surface area contributed by atoms with Crippen LogP contribution in [0.5, 0.6) is 17.2 Å². The van der Waals surface area contributed by atoms with Gasteiger partial charge in [-0.2, -0.15) is 0 Å². The van der Waals surface area contributed by atoms with Crippen molar-refractivity contribution < 1.29 is 30.0 Å².